The van der Waals surface area contributed by atoms with Crippen molar-refractivity contribution in [2.24, 2.45) is 5.73 Å². The summed E-state index contributed by atoms with van der Waals surface area (Å²) in [4.78, 5) is 0. The zero-order chi connectivity index (χ0) is 13.4. The smallest absolute Gasteiger partial charge is 0.164 e. The number of hydrogen-bond acceptors (Lipinski definition) is 3. The van der Waals surface area contributed by atoms with Gasteiger partial charge in [0.15, 0.2) is 11.5 Å². The minimum absolute atomic E-state index is 0.146. The van der Waals surface area contributed by atoms with Crippen LogP contribution in [0.25, 0.3) is 0 Å². The third-order valence-electron chi connectivity index (χ3n) is 2.71. The molecule has 0 aliphatic carbocycles. The molecule has 0 heterocycles. The quantitative estimate of drug-likeness (QED) is 0.720. The van der Waals surface area contributed by atoms with Crippen LogP contribution >= 0.6 is 0 Å². The summed E-state index contributed by atoms with van der Waals surface area (Å²) in [6, 6.07) is 6.08. The Hall–Kier alpha value is -1.48. The molecule has 3 heteroatoms. The van der Waals surface area contributed by atoms with Crippen molar-refractivity contribution in [2.75, 3.05) is 13.2 Å². The van der Waals surface area contributed by atoms with Crippen molar-refractivity contribution in [3.05, 3.63) is 36.4 Å². The first kappa shape index (κ1) is 14.6. The average molecular weight is 249 g/mol. The third kappa shape index (κ3) is 4.08. The van der Waals surface area contributed by atoms with Crippen LogP contribution in [-0.4, -0.2) is 19.3 Å². The first-order chi connectivity index (χ1) is 8.72. The SMILES string of the molecule is C=CCOc1c(CC(N)CC)cccc1OCC. The van der Waals surface area contributed by atoms with Gasteiger partial charge in [-0.2, -0.15) is 0 Å². The topological polar surface area (TPSA) is 44.5 Å². The molecule has 1 aromatic rings. The van der Waals surface area contributed by atoms with Gasteiger partial charge in [-0.1, -0.05) is 31.7 Å². The summed E-state index contributed by atoms with van der Waals surface area (Å²) >= 11 is 0. The third-order valence-corrected chi connectivity index (χ3v) is 2.71. The number of nitrogens with two attached hydrogens (primary N) is 1. The number of benzene rings is 1. The van der Waals surface area contributed by atoms with Crippen LogP contribution in [0.15, 0.2) is 30.9 Å². The van der Waals surface area contributed by atoms with E-state index in [2.05, 4.69) is 13.5 Å². The van der Waals surface area contributed by atoms with Crippen molar-refractivity contribution in [3.8, 4) is 11.5 Å². The molecular formula is C15H23NO2. The summed E-state index contributed by atoms with van der Waals surface area (Å²) in [6.45, 7) is 8.80. The lowest BCUT2D eigenvalue weighted by Gasteiger charge is -2.17. The highest BCUT2D eigenvalue weighted by Gasteiger charge is 2.12. The lowest BCUT2D eigenvalue weighted by atomic mass is 10.0. The van der Waals surface area contributed by atoms with Crippen LogP contribution in [0.5, 0.6) is 11.5 Å². The van der Waals surface area contributed by atoms with Crippen LogP contribution in [0.2, 0.25) is 0 Å². The molecule has 0 amide bonds. The summed E-state index contributed by atoms with van der Waals surface area (Å²) < 4.78 is 11.3. The van der Waals surface area contributed by atoms with E-state index in [1.54, 1.807) is 6.08 Å². The van der Waals surface area contributed by atoms with Crippen LogP contribution in [0.3, 0.4) is 0 Å². The maximum absolute atomic E-state index is 6.01. The van der Waals surface area contributed by atoms with Gasteiger partial charge in [0.05, 0.1) is 6.61 Å². The highest BCUT2D eigenvalue weighted by atomic mass is 16.5. The molecule has 1 unspecified atom stereocenters. The summed E-state index contributed by atoms with van der Waals surface area (Å²) in [7, 11) is 0. The van der Waals surface area contributed by atoms with Gasteiger partial charge in [0.1, 0.15) is 6.61 Å². The van der Waals surface area contributed by atoms with E-state index in [1.165, 1.54) is 0 Å². The van der Waals surface area contributed by atoms with Gasteiger partial charge < -0.3 is 15.2 Å². The largest absolute Gasteiger partial charge is 0.490 e. The van der Waals surface area contributed by atoms with Crippen molar-refractivity contribution in [1.82, 2.24) is 0 Å². The van der Waals surface area contributed by atoms with E-state index in [9.17, 15) is 0 Å². The Kier molecular flexibility index (Phi) is 6.29. The van der Waals surface area contributed by atoms with E-state index >= 15 is 0 Å². The number of rotatable bonds is 8. The summed E-state index contributed by atoms with van der Waals surface area (Å²) in [5.41, 5.74) is 7.10. The summed E-state index contributed by atoms with van der Waals surface area (Å²) in [5.74, 6) is 1.57. The Balaban J connectivity index is 2.97. The molecular weight excluding hydrogens is 226 g/mol. The van der Waals surface area contributed by atoms with Crippen LogP contribution < -0.4 is 15.2 Å². The maximum atomic E-state index is 6.01. The molecule has 0 aromatic heterocycles. The molecule has 18 heavy (non-hydrogen) atoms. The Morgan fingerprint density at radius 2 is 2.11 bits per heavy atom. The molecule has 0 aliphatic heterocycles. The zero-order valence-electron chi connectivity index (χ0n) is 11.3. The lowest BCUT2D eigenvalue weighted by molar-refractivity contribution is 0.294. The first-order valence-electron chi connectivity index (χ1n) is 6.46. The lowest BCUT2D eigenvalue weighted by Crippen LogP contribution is -2.21. The average Bonchev–Trinajstić information content (AvgIpc) is 2.38. The molecule has 0 saturated carbocycles. The summed E-state index contributed by atoms with van der Waals surface area (Å²) in [5, 5.41) is 0. The standard InChI is InChI=1S/C15H23NO2/c1-4-10-18-15-12(11-13(16)5-2)8-7-9-14(15)17-6-3/h4,7-9,13H,1,5-6,10-11,16H2,2-3H3. The van der Waals surface area contributed by atoms with Gasteiger partial charge in [-0.25, -0.2) is 0 Å². The van der Waals surface area contributed by atoms with Gasteiger partial charge in [0.2, 0.25) is 0 Å². The Morgan fingerprint density at radius 1 is 1.33 bits per heavy atom. The minimum Gasteiger partial charge on any atom is -0.490 e. The van der Waals surface area contributed by atoms with E-state index < -0.39 is 0 Å². The molecule has 1 aromatic carbocycles. The zero-order valence-corrected chi connectivity index (χ0v) is 11.3. The molecule has 0 radical (unpaired) electrons. The normalized spacial score (nSPS) is 11.9. The summed E-state index contributed by atoms with van der Waals surface area (Å²) in [6.07, 6.45) is 3.47. The second-order valence-corrected chi connectivity index (χ2v) is 4.15. The van der Waals surface area contributed by atoms with E-state index in [0.29, 0.717) is 13.2 Å². The van der Waals surface area contributed by atoms with Crippen LogP contribution in [0.1, 0.15) is 25.8 Å². The number of para-hydroxylation sites is 1. The molecule has 0 bridgehead atoms. The van der Waals surface area contributed by atoms with E-state index in [-0.39, 0.29) is 6.04 Å². The Bertz CT molecular complexity index is 377. The Morgan fingerprint density at radius 3 is 2.72 bits per heavy atom. The van der Waals surface area contributed by atoms with E-state index in [1.807, 2.05) is 25.1 Å². The Labute approximate surface area is 110 Å². The first-order valence-corrected chi connectivity index (χ1v) is 6.46. The molecule has 0 fully saturated rings. The molecule has 1 atom stereocenters. The molecule has 3 nitrogen and oxygen atoms in total. The fraction of sp³-hybridized carbons (Fsp3) is 0.467. The monoisotopic (exact) mass is 249 g/mol. The van der Waals surface area contributed by atoms with Crippen molar-refractivity contribution >= 4 is 0 Å². The highest BCUT2D eigenvalue weighted by molar-refractivity contribution is 5.47. The van der Waals surface area contributed by atoms with Gasteiger partial charge >= 0.3 is 0 Å². The van der Waals surface area contributed by atoms with Gasteiger partial charge in [0, 0.05) is 6.04 Å². The van der Waals surface area contributed by atoms with Gasteiger partial charge in [-0.15, -0.1) is 0 Å². The second kappa shape index (κ2) is 7.77. The second-order valence-electron chi connectivity index (χ2n) is 4.15. The minimum atomic E-state index is 0.146. The molecule has 1 rings (SSSR count). The molecule has 100 valence electrons. The number of ether oxygens (including phenoxy) is 2. The van der Waals surface area contributed by atoms with Gasteiger partial charge in [-0.05, 0) is 31.4 Å². The fourth-order valence-electron chi connectivity index (χ4n) is 1.72. The van der Waals surface area contributed by atoms with Gasteiger partial charge in [-0.3, -0.25) is 0 Å². The molecule has 0 saturated heterocycles. The van der Waals surface area contributed by atoms with Crippen molar-refractivity contribution < 1.29 is 9.47 Å². The maximum Gasteiger partial charge on any atom is 0.164 e. The van der Waals surface area contributed by atoms with Crippen molar-refractivity contribution in [1.29, 1.82) is 0 Å². The predicted molar refractivity (Wildman–Crippen MR) is 75.3 cm³/mol. The van der Waals surface area contributed by atoms with Crippen LogP contribution in [0.4, 0.5) is 0 Å². The van der Waals surface area contributed by atoms with E-state index in [0.717, 1.165) is 29.9 Å². The fourth-order valence-corrected chi connectivity index (χ4v) is 1.72. The van der Waals surface area contributed by atoms with Crippen molar-refractivity contribution in [2.45, 2.75) is 32.7 Å². The van der Waals surface area contributed by atoms with Crippen LogP contribution in [-0.2, 0) is 6.42 Å². The number of hydrogen-bond donors (Lipinski definition) is 1. The molecule has 0 aliphatic rings. The van der Waals surface area contributed by atoms with E-state index in [4.69, 9.17) is 15.2 Å². The predicted octanol–water partition coefficient (Wildman–Crippen LogP) is 2.93. The van der Waals surface area contributed by atoms with Gasteiger partial charge in [0.25, 0.3) is 0 Å². The highest BCUT2D eigenvalue weighted by Crippen LogP contribution is 2.32. The molecule has 2 N–H and O–H groups in total. The van der Waals surface area contributed by atoms with Crippen molar-refractivity contribution in [3.63, 3.8) is 0 Å². The van der Waals surface area contributed by atoms with Crippen LogP contribution in [0, 0.1) is 0 Å². The molecule has 0 spiro atoms.